The molecule has 2 heterocycles. The predicted octanol–water partition coefficient (Wildman–Crippen LogP) is 0.239. The molecule has 0 spiro atoms. The van der Waals surface area contributed by atoms with Gasteiger partial charge in [0.1, 0.15) is 6.04 Å². The van der Waals surface area contributed by atoms with E-state index >= 15 is 0 Å². The molecular weight excluding hydrogens is 417 g/mol. The highest BCUT2D eigenvalue weighted by Gasteiger charge is 2.45. The molecule has 0 aliphatic carbocycles. The van der Waals surface area contributed by atoms with Crippen molar-refractivity contribution in [2.45, 2.75) is 65.0 Å². The first kappa shape index (κ1) is 26.1. The van der Waals surface area contributed by atoms with Crippen LogP contribution >= 0.6 is 0 Å². The maximum absolute atomic E-state index is 13.4. The predicted molar refractivity (Wildman–Crippen MR) is 117 cm³/mol. The zero-order valence-corrected chi connectivity index (χ0v) is 20.0. The molecule has 2 aliphatic rings. The second-order valence-corrected chi connectivity index (χ2v) is 9.37. The minimum Gasteiger partial charge on any atom is -0.497 e. The summed E-state index contributed by atoms with van der Waals surface area (Å²) < 4.78 is 15.8. The normalized spacial score (nSPS) is 22.8. The SMILES string of the molecule is COC(=O)C1CCCN1C(C(=O)NC(CC(C)C)B1OC(=O)CN(C)CC(=O)O1)C(C)C. The fraction of sp³-hybridized carbons (Fsp3) is 0.810. The Bertz CT molecular complexity index is 683. The molecular formula is C21H36BN3O7. The van der Waals surface area contributed by atoms with E-state index in [2.05, 4.69) is 5.32 Å². The van der Waals surface area contributed by atoms with Crippen molar-refractivity contribution < 1.29 is 33.2 Å². The molecule has 2 rings (SSSR count). The summed E-state index contributed by atoms with van der Waals surface area (Å²) in [5.41, 5.74) is 0. The molecule has 1 amide bonds. The van der Waals surface area contributed by atoms with Crippen LogP contribution < -0.4 is 5.32 Å². The van der Waals surface area contributed by atoms with E-state index in [1.165, 1.54) is 12.0 Å². The van der Waals surface area contributed by atoms with Gasteiger partial charge in [-0.1, -0.05) is 27.7 Å². The molecule has 0 aromatic heterocycles. The number of carbonyl (C=O) groups excluding carboxylic acids is 4. The standard InChI is InChI=1S/C21H36BN3O7/c1-13(2)10-16(22-31-17(26)11-24(5)12-18(27)32-22)23-20(28)19(14(3)4)25-9-7-8-15(25)21(29)30-6/h13-16,19H,7-12H2,1-6H3,(H,23,28). The number of rotatable bonds is 8. The van der Waals surface area contributed by atoms with Crippen LogP contribution in [-0.2, 0) is 33.2 Å². The second kappa shape index (κ2) is 11.6. The van der Waals surface area contributed by atoms with Gasteiger partial charge in [0.15, 0.2) is 0 Å². The molecule has 1 N–H and O–H groups in total. The van der Waals surface area contributed by atoms with E-state index in [9.17, 15) is 19.2 Å². The van der Waals surface area contributed by atoms with Gasteiger partial charge < -0.3 is 19.4 Å². The fourth-order valence-corrected chi connectivity index (χ4v) is 4.38. The lowest BCUT2D eigenvalue weighted by molar-refractivity contribution is -0.149. The third kappa shape index (κ3) is 6.93. The van der Waals surface area contributed by atoms with Crippen LogP contribution in [0, 0.1) is 11.8 Å². The van der Waals surface area contributed by atoms with E-state index < -0.39 is 37.1 Å². The van der Waals surface area contributed by atoms with Gasteiger partial charge in [0.2, 0.25) is 5.91 Å². The Labute approximate surface area is 190 Å². The highest BCUT2D eigenvalue weighted by molar-refractivity contribution is 6.51. The van der Waals surface area contributed by atoms with Crippen LogP contribution in [0.3, 0.4) is 0 Å². The molecule has 0 radical (unpaired) electrons. The number of amides is 1. The lowest BCUT2D eigenvalue weighted by Gasteiger charge is -2.35. The molecule has 2 fully saturated rings. The third-order valence-electron chi connectivity index (χ3n) is 5.70. The number of hydrogen-bond acceptors (Lipinski definition) is 9. The monoisotopic (exact) mass is 453 g/mol. The number of ether oxygens (including phenoxy) is 1. The Balaban J connectivity index is 2.23. The first-order valence-electron chi connectivity index (χ1n) is 11.2. The molecule has 3 atom stereocenters. The Hall–Kier alpha value is -2.14. The van der Waals surface area contributed by atoms with Gasteiger partial charge in [-0.25, -0.2) is 0 Å². The first-order chi connectivity index (χ1) is 15.0. The summed E-state index contributed by atoms with van der Waals surface area (Å²) in [4.78, 5) is 53.5. The van der Waals surface area contributed by atoms with Gasteiger partial charge in [0.05, 0.1) is 32.2 Å². The molecule has 0 aromatic carbocycles. The quantitative estimate of drug-likeness (QED) is 0.408. The minimum atomic E-state index is -1.21. The number of esters is 1. The molecule has 0 bridgehead atoms. The number of hydrogen-bond donors (Lipinski definition) is 1. The van der Waals surface area contributed by atoms with E-state index in [0.29, 0.717) is 19.4 Å². The topological polar surface area (TPSA) is 114 Å². The van der Waals surface area contributed by atoms with Crippen molar-refractivity contribution in [1.29, 1.82) is 0 Å². The summed E-state index contributed by atoms with van der Waals surface area (Å²) in [5, 5.41) is 2.95. The maximum Gasteiger partial charge on any atom is 0.622 e. The van der Waals surface area contributed by atoms with Crippen molar-refractivity contribution in [2.24, 2.45) is 11.8 Å². The number of carbonyl (C=O) groups is 4. The number of likely N-dealkylation sites (tertiary alicyclic amines) is 1. The Morgan fingerprint density at radius 1 is 1.16 bits per heavy atom. The zero-order chi connectivity index (χ0) is 24.0. The van der Waals surface area contributed by atoms with Crippen molar-refractivity contribution in [1.82, 2.24) is 15.1 Å². The molecule has 2 saturated heterocycles. The van der Waals surface area contributed by atoms with Crippen LogP contribution in [0.4, 0.5) is 0 Å². The van der Waals surface area contributed by atoms with Crippen LogP contribution in [-0.4, -0.2) is 92.5 Å². The summed E-state index contributed by atoms with van der Waals surface area (Å²) in [5.74, 6) is -2.37. The molecule has 0 saturated carbocycles. The van der Waals surface area contributed by atoms with Crippen molar-refractivity contribution >= 4 is 30.9 Å². The number of nitrogens with one attached hydrogen (secondary N) is 1. The van der Waals surface area contributed by atoms with Crippen molar-refractivity contribution in [3.63, 3.8) is 0 Å². The minimum absolute atomic E-state index is 0.0445. The average molecular weight is 453 g/mol. The lowest BCUT2D eigenvalue weighted by atomic mass is 9.73. The summed E-state index contributed by atoms with van der Waals surface area (Å²) in [6.45, 7) is 8.28. The van der Waals surface area contributed by atoms with Crippen molar-refractivity contribution in [3.8, 4) is 0 Å². The van der Waals surface area contributed by atoms with Gasteiger partial charge in [-0.15, -0.1) is 0 Å². The van der Waals surface area contributed by atoms with Crippen LogP contribution in [0.25, 0.3) is 0 Å². The highest BCUT2D eigenvalue weighted by atomic mass is 16.6. The van der Waals surface area contributed by atoms with Gasteiger partial charge in [-0.3, -0.25) is 29.0 Å². The Kier molecular flexibility index (Phi) is 9.51. The highest BCUT2D eigenvalue weighted by Crippen LogP contribution is 2.25. The molecule has 32 heavy (non-hydrogen) atoms. The Morgan fingerprint density at radius 2 is 1.75 bits per heavy atom. The Morgan fingerprint density at radius 3 is 2.25 bits per heavy atom. The smallest absolute Gasteiger partial charge is 0.497 e. The van der Waals surface area contributed by atoms with Crippen molar-refractivity contribution in [2.75, 3.05) is 33.8 Å². The van der Waals surface area contributed by atoms with Crippen LogP contribution in [0.5, 0.6) is 0 Å². The van der Waals surface area contributed by atoms with Crippen LogP contribution in [0.1, 0.15) is 47.0 Å². The average Bonchev–Trinajstić information content (AvgIpc) is 3.13. The van der Waals surface area contributed by atoms with Gasteiger partial charge >= 0.3 is 25.0 Å². The molecule has 10 nitrogen and oxygen atoms in total. The zero-order valence-electron chi connectivity index (χ0n) is 20.0. The van der Waals surface area contributed by atoms with E-state index in [0.717, 1.165) is 6.42 Å². The van der Waals surface area contributed by atoms with Gasteiger partial charge in [0, 0.05) is 0 Å². The van der Waals surface area contributed by atoms with Crippen molar-refractivity contribution in [3.05, 3.63) is 0 Å². The number of likely N-dealkylation sites (N-methyl/N-ethyl adjacent to an activating group) is 1. The van der Waals surface area contributed by atoms with Gasteiger partial charge in [0.25, 0.3) is 0 Å². The number of methoxy groups -OCH3 is 1. The van der Waals surface area contributed by atoms with Gasteiger partial charge in [-0.2, -0.15) is 0 Å². The summed E-state index contributed by atoms with van der Waals surface area (Å²) in [7, 11) is 1.76. The summed E-state index contributed by atoms with van der Waals surface area (Å²) in [6, 6.07) is -1.06. The molecule has 2 aliphatic heterocycles. The largest absolute Gasteiger partial charge is 0.622 e. The second-order valence-electron chi connectivity index (χ2n) is 9.37. The van der Waals surface area contributed by atoms with Crippen LogP contribution in [0.2, 0.25) is 0 Å². The van der Waals surface area contributed by atoms with E-state index in [4.69, 9.17) is 14.0 Å². The lowest BCUT2D eigenvalue weighted by Crippen LogP contribution is -2.60. The summed E-state index contributed by atoms with van der Waals surface area (Å²) >= 11 is 0. The van der Waals surface area contributed by atoms with Gasteiger partial charge in [-0.05, 0) is 44.7 Å². The van der Waals surface area contributed by atoms with Crippen LogP contribution in [0.15, 0.2) is 0 Å². The maximum atomic E-state index is 13.4. The third-order valence-corrected chi connectivity index (χ3v) is 5.70. The molecule has 3 unspecified atom stereocenters. The van der Waals surface area contributed by atoms with E-state index in [-0.39, 0.29) is 36.8 Å². The molecule has 11 heteroatoms. The number of nitrogens with zero attached hydrogens (tertiary/aromatic N) is 2. The molecule has 180 valence electrons. The fourth-order valence-electron chi connectivity index (χ4n) is 4.38. The van der Waals surface area contributed by atoms with E-state index in [1.807, 2.05) is 32.6 Å². The summed E-state index contributed by atoms with van der Waals surface area (Å²) in [6.07, 6.45) is 1.86. The van der Waals surface area contributed by atoms with E-state index in [1.54, 1.807) is 7.05 Å². The first-order valence-corrected chi connectivity index (χ1v) is 11.2. The molecule has 0 aromatic rings.